The van der Waals surface area contributed by atoms with Crippen molar-refractivity contribution in [2.45, 2.75) is 57.9 Å². The number of carbonyl (C=O) groups excluding carboxylic acids is 2. The molecule has 0 radical (unpaired) electrons. The Kier molecular flexibility index (Phi) is 8.25. The summed E-state index contributed by atoms with van der Waals surface area (Å²) in [7, 11) is 1.40. The van der Waals surface area contributed by atoms with Crippen LogP contribution in [0.1, 0.15) is 70.0 Å². The molecule has 0 saturated carbocycles. The molecule has 0 spiro atoms. The Bertz CT molecular complexity index is 1570. The van der Waals surface area contributed by atoms with Crippen LogP contribution in [-0.4, -0.2) is 69.1 Å². The van der Waals surface area contributed by atoms with Gasteiger partial charge in [-0.3, -0.25) is 14.7 Å². The number of hydrogen-bond donors (Lipinski definition) is 0. The second-order valence-corrected chi connectivity index (χ2v) is 10.9. The van der Waals surface area contributed by atoms with Gasteiger partial charge in [-0.15, -0.1) is 0 Å². The molecule has 42 heavy (non-hydrogen) atoms. The smallest absolute Gasteiger partial charge is 0.337 e. The zero-order valence-corrected chi connectivity index (χ0v) is 24.0. The lowest BCUT2D eigenvalue weighted by atomic mass is 9.93. The SMILES string of the molecule is COC(=O)c1ccc2nc(CN3CCC(c4cccc(OCc5ccc(C(C)=O)cn5)n4)CC3)n(C[C@@H]3CCO3)c2c1. The van der Waals surface area contributed by atoms with E-state index in [1.807, 2.05) is 30.3 Å². The summed E-state index contributed by atoms with van der Waals surface area (Å²) in [6.07, 6.45) is 4.75. The molecule has 10 nitrogen and oxygen atoms in total. The molecule has 2 saturated heterocycles. The van der Waals surface area contributed by atoms with E-state index >= 15 is 0 Å². The Balaban J connectivity index is 1.09. The van der Waals surface area contributed by atoms with Crippen LogP contribution in [0.2, 0.25) is 0 Å². The first kappa shape index (κ1) is 28.0. The van der Waals surface area contributed by atoms with E-state index < -0.39 is 0 Å². The van der Waals surface area contributed by atoms with E-state index in [-0.39, 0.29) is 17.9 Å². The number of nitrogens with zero attached hydrogens (tertiary/aromatic N) is 5. The van der Waals surface area contributed by atoms with Crippen molar-refractivity contribution in [3.8, 4) is 5.88 Å². The van der Waals surface area contributed by atoms with E-state index in [4.69, 9.17) is 24.2 Å². The number of esters is 1. The van der Waals surface area contributed by atoms with Crippen molar-refractivity contribution in [3.05, 3.63) is 83.1 Å². The third-order valence-electron chi connectivity index (χ3n) is 8.14. The highest BCUT2D eigenvalue weighted by Gasteiger charge is 2.26. The highest BCUT2D eigenvalue weighted by atomic mass is 16.5. The lowest BCUT2D eigenvalue weighted by Gasteiger charge is -2.32. The van der Waals surface area contributed by atoms with E-state index in [2.05, 4.69) is 20.5 Å². The summed E-state index contributed by atoms with van der Waals surface area (Å²) in [5.41, 5.74) is 4.70. The molecule has 1 atom stereocenters. The molecule has 5 heterocycles. The molecule has 4 aromatic rings. The minimum atomic E-state index is -0.351. The summed E-state index contributed by atoms with van der Waals surface area (Å²) < 4.78 is 18.8. The molecule has 10 heteroatoms. The number of likely N-dealkylation sites (tertiary alicyclic amines) is 1. The lowest BCUT2D eigenvalue weighted by Crippen LogP contribution is -2.35. The van der Waals surface area contributed by atoms with E-state index in [0.29, 0.717) is 29.5 Å². The predicted molar refractivity (Wildman–Crippen MR) is 155 cm³/mol. The highest BCUT2D eigenvalue weighted by Crippen LogP contribution is 2.30. The molecule has 0 aliphatic carbocycles. The third kappa shape index (κ3) is 6.19. The molecule has 0 amide bonds. The van der Waals surface area contributed by atoms with Gasteiger partial charge in [0, 0.05) is 36.0 Å². The van der Waals surface area contributed by atoms with Crippen LogP contribution in [0, 0.1) is 0 Å². The number of hydrogen-bond acceptors (Lipinski definition) is 9. The Hall–Kier alpha value is -4.15. The van der Waals surface area contributed by atoms with Gasteiger partial charge in [0.25, 0.3) is 0 Å². The Morgan fingerprint density at radius 2 is 1.83 bits per heavy atom. The fraction of sp³-hybridized carbons (Fsp3) is 0.406. The molecule has 6 rings (SSSR count). The summed E-state index contributed by atoms with van der Waals surface area (Å²) in [4.78, 5) is 40.2. The van der Waals surface area contributed by atoms with Crippen LogP contribution in [0.15, 0.2) is 54.7 Å². The molecular weight excluding hydrogens is 534 g/mol. The fourth-order valence-corrected chi connectivity index (χ4v) is 5.57. The van der Waals surface area contributed by atoms with Crippen molar-refractivity contribution in [1.29, 1.82) is 0 Å². The zero-order valence-electron chi connectivity index (χ0n) is 24.0. The van der Waals surface area contributed by atoms with Crippen LogP contribution < -0.4 is 4.74 Å². The average Bonchev–Trinajstić information content (AvgIpc) is 3.33. The van der Waals surface area contributed by atoms with Gasteiger partial charge in [0.15, 0.2) is 5.78 Å². The number of aromatic nitrogens is 4. The van der Waals surface area contributed by atoms with E-state index in [0.717, 1.165) is 80.3 Å². The number of carbonyl (C=O) groups is 2. The maximum atomic E-state index is 12.2. The second kappa shape index (κ2) is 12.4. The molecule has 0 N–H and O–H groups in total. The number of ketones is 1. The maximum Gasteiger partial charge on any atom is 0.337 e. The minimum Gasteiger partial charge on any atom is -0.471 e. The van der Waals surface area contributed by atoms with Crippen LogP contribution in [0.3, 0.4) is 0 Å². The summed E-state index contributed by atoms with van der Waals surface area (Å²) >= 11 is 0. The van der Waals surface area contributed by atoms with Crippen LogP contribution in [0.25, 0.3) is 11.0 Å². The van der Waals surface area contributed by atoms with E-state index in [1.54, 1.807) is 18.3 Å². The minimum absolute atomic E-state index is 0.00784. The number of fused-ring (bicyclic) bond motifs is 1. The van der Waals surface area contributed by atoms with Crippen molar-refractivity contribution < 1.29 is 23.8 Å². The van der Waals surface area contributed by atoms with Crippen molar-refractivity contribution in [2.24, 2.45) is 0 Å². The average molecular weight is 570 g/mol. The quantitative estimate of drug-likeness (QED) is 0.201. The number of rotatable bonds is 10. The van der Waals surface area contributed by atoms with Gasteiger partial charge in [-0.1, -0.05) is 6.07 Å². The van der Waals surface area contributed by atoms with Gasteiger partial charge in [-0.05, 0) is 75.7 Å². The normalized spacial score (nSPS) is 17.6. The number of piperidine rings is 1. The number of pyridine rings is 2. The molecule has 0 unspecified atom stereocenters. The number of Topliss-reactive ketones (excluding diaryl/α,β-unsaturated/α-hetero) is 1. The first-order valence-electron chi connectivity index (χ1n) is 14.4. The summed E-state index contributed by atoms with van der Waals surface area (Å²) in [5, 5.41) is 0. The molecule has 218 valence electrons. The van der Waals surface area contributed by atoms with Crippen molar-refractivity contribution in [3.63, 3.8) is 0 Å². The Labute approximate surface area is 244 Å². The van der Waals surface area contributed by atoms with Gasteiger partial charge in [-0.25, -0.2) is 14.8 Å². The van der Waals surface area contributed by atoms with E-state index in [1.165, 1.54) is 14.0 Å². The fourth-order valence-electron chi connectivity index (χ4n) is 5.57. The molecule has 0 bridgehead atoms. The lowest BCUT2D eigenvalue weighted by molar-refractivity contribution is -0.0592. The summed E-state index contributed by atoms with van der Waals surface area (Å²) in [5.74, 6) is 1.55. The van der Waals surface area contributed by atoms with Gasteiger partial charge < -0.3 is 18.8 Å². The number of imidazole rings is 1. The van der Waals surface area contributed by atoms with Crippen molar-refractivity contribution in [2.75, 3.05) is 26.8 Å². The summed E-state index contributed by atoms with van der Waals surface area (Å²) in [6.45, 7) is 5.92. The molecule has 3 aromatic heterocycles. The molecule has 1 aromatic carbocycles. The van der Waals surface area contributed by atoms with Gasteiger partial charge in [-0.2, -0.15) is 0 Å². The van der Waals surface area contributed by atoms with Crippen molar-refractivity contribution in [1.82, 2.24) is 24.4 Å². The Morgan fingerprint density at radius 1 is 1.02 bits per heavy atom. The first-order valence-corrected chi connectivity index (χ1v) is 14.4. The standard InChI is InChI=1S/C32H35N5O5/c1-21(38)24-6-8-25(33-17-24)20-42-31-5-3-4-27(35-31)22-10-13-36(14-11-22)19-30-34-28-9-7-23(32(39)40-2)16-29(28)37(30)18-26-12-15-41-26/h3-9,16-17,22,26H,10-15,18-20H2,1-2H3/t26-/m0/s1. The largest absolute Gasteiger partial charge is 0.471 e. The predicted octanol–water partition coefficient (Wildman–Crippen LogP) is 4.56. The van der Waals surface area contributed by atoms with Gasteiger partial charge in [0.05, 0.1) is 48.6 Å². The number of ether oxygens (including phenoxy) is 3. The third-order valence-corrected chi connectivity index (χ3v) is 8.14. The van der Waals surface area contributed by atoms with Gasteiger partial charge in [0.2, 0.25) is 5.88 Å². The van der Waals surface area contributed by atoms with E-state index in [9.17, 15) is 9.59 Å². The molecule has 2 aliphatic heterocycles. The van der Waals surface area contributed by atoms with Crippen LogP contribution in [-0.2, 0) is 29.2 Å². The van der Waals surface area contributed by atoms with Crippen LogP contribution >= 0.6 is 0 Å². The van der Waals surface area contributed by atoms with Crippen molar-refractivity contribution >= 4 is 22.8 Å². The highest BCUT2D eigenvalue weighted by molar-refractivity contribution is 5.94. The topological polar surface area (TPSA) is 109 Å². The second-order valence-electron chi connectivity index (χ2n) is 10.9. The number of benzene rings is 1. The zero-order chi connectivity index (χ0) is 29.1. The monoisotopic (exact) mass is 569 g/mol. The molecule has 2 fully saturated rings. The van der Waals surface area contributed by atoms with Gasteiger partial charge >= 0.3 is 5.97 Å². The molecule has 2 aliphatic rings. The molecular formula is C32H35N5O5. The first-order chi connectivity index (χ1) is 20.5. The van der Waals surface area contributed by atoms with Crippen LogP contribution in [0.4, 0.5) is 0 Å². The summed E-state index contributed by atoms with van der Waals surface area (Å²) in [6, 6.07) is 15.0. The maximum absolute atomic E-state index is 12.2. The van der Waals surface area contributed by atoms with Gasteiger partial charge in [0.1, 0.15) is 12.4 Å². The Morgan fingerprint density at radius 3 is 2.52 bits per heavy atom. The van der Waals surface area contributed by atoms with Crippen LogP contribution in [0.5, 0.6) is 5.88 Å². The number of methoxy groups -OCH3 is 1.